The highest BCUT2D eigenvalue weighted by molar-refractivity contribution is 6.04. The van der Waals surface area contributed by atoms with Crippen molar-refractivity contribution in [3.05, 3.63) is 17.5 Å². The Morgan fingerprint density at radius 2 is 2.14 bits per heavy atom. The van der Waals surface area contributed by atoms with Crippen LogP contribution >= 0.6 is 0 Å². The summed E-state index contributed by atoms with van der Waals surface area (Å²) in [5.41, 5.74) is 7.94. The van der Waals surface area contributed by atoms with Gasteiger partial charge >= 0.3 is 5.97 Å². The van der Waals surface area contributed by atoms with Crippen molar-refractivity contribution in [1.82, 2.24) is 15.6 Å². The molecule has 0 saturated heterocycles. The molecule has 0 fully saturated rings. The predicted molar refractivity (Wildman–Crippen MR) is 79.0 cm³/mol. The van der Waals surface area contributed by atoms with Gasteiger partial charge in [0.25, 0.3) is 5.71 Å². The summed E-state index contributed by atoms with van der Waals surface area (Å²) in [7, 11) is 0. The van der Waals surface area contributed by atoms with E-state index in [4.69, 9.17) is 9.26 Å². The average molecular weight is 292 g/mol. The van der Waals surface area contributed by atoms with Gasteiger partial charge in [-0.25, -0.2) is 15.2 Å². The molecule has 0 spiro atoms. The lowest BCUT2D eigenvalue weighted by atomic mass is 10.1. The second kappa shape index (κ2) is 5.69. The average Bonchev–Trinajstić information content (AvgIpc) is 2.77. The van der Waals surface area contributed by atoms with E-state index in [-0.39, 0.29) is 5.54 Å². The third-order valence-corrected chi connectivity index (χ3v) is 2.73. The molecule has 0 bridgehead atoms. The minimum absolute atomic E-state index is 0.188. The van der Waals surface area contributed by atoms with Gasteiger partial charge in [0.15, 0.2) is 0 Å². The first-order valence-corrected chi connectivity index (χ1v) is 6.78. The van der Waals surface area contributed by atoms with Crippen molar-refractivity contribution in [2.24, 2.45) is 0 Å². The molecule has 7 heteroatoms. The van der Waals surface area contributed by atoms with Crippen LogP contribution in [0.4, 0.5) is 5.69 Å². The van der Waals surface area contributed by atoms with Crippen molar-refractivity contribution in [3.8, 4) is 0 Å². The van der Waals surface area contributed by atoms with Crippen molar-refractivity contribution in [3.63, 3.8) is 0 Å². The summed E-state index contributed by atoms with van der Waals surface area (Å²) in [4.78, 5) is 16.2. The number of aryl methyl sites for hydroxylation is 1. The number of hydrogen-bond acceptors (Lipinski definition) is 7. The fourth-order valence-electron chi connectivity index (χ4n) is 1.80. The van der Waals surface area contributed by atoms with E-state index in [1.54, 1.807) is 13.8 Å². The Labute approximate surface area is 123 Å². The Balaban J connectivity index is 2.51. The molecule has 0 aliphatic rings. The summed E-state index contributed by atoms with van der Waals surface area (Å²) >= 11 is 0. The van der Waals surface area contributed by atoms with Gasteiger partial charge in [0, 0.05) is 11.7 Å². The molecular formula is C14H20N4O3. The smallest absolute Gasteiger partial charge is 0.341 e. The molecule has 0 unspecified atom stereocenters. The molecule has 0 aromatic carbocycles. The SMILES string of the molecule is CCOC(=O)c1cnc2onc(C)c2c1NNC(C)(C)C. The molecule has 0 amide bonds. The summed E-state index contributed by atoms with van der Waals surface area (Å²) in [6, 6.07) is 0. The van der Waals surface area contributed by atoms with Crippen LogP contribution in [-0.4, -0.2) is 28.3 Å². The Morgan fingerprint density at radius 1 is 1.43 bits per heavy atom. The van der Waals surface area contributed by atoms with Gasteiger partial charge in [0.1, 0.15) is 5.56 Å². The van der Waals surface area contributed by atoms with E-state index in [0.717, 1.165) is 0 Å². The minimum Gasteiger partial charge on any atom is -0.462 e. The standard InChI is InChI=1S/C14H20N4O3/c1-6-20-13(19)9-7-15-12-10(8(2)17-21-12)11(9)16-18-14(3,4)5/h7,18H,6H2,1-5H3,(H,15,16). The first-order valence-electron chi connectivity index (χ1n) is 6.78. The summed E-state index contributed by atoms with van der Waals surface area (Å²) in [6.07, 6.45) is 1.43. The number of hydrazine groups is 1. The van der Waals surface area contributed by atoms with Crippen LogP contribution in [-0.2, 0) is 4.74 Å². The third-order valence-electron chi connectivity index (χ3n) is 2.73. The van der Waals surface area contributed by atoms with Gasteiger partial charge in [-0.2, -0.15) is 0 Å². The number of carbonyl (C=O) groups is 1. The van der Waals surface area contributed by atoms with Gasteiger partial charge in [0.05, 0.1) is 23.4 Å². The van der Waals surface area contributed by atoms with Crippen LogP contribution < -0.4 is 10.9 Å². The number of hydrogen-bond donors (Lipinski definition) is 2. The van der Waals surface area contributed by atoms with Crippen LogP contribution in [0.1, 0.15) is 43.7 Å². The number of nitrogens with zero attached hydrogens (tertiary/aromatic N) is 2. The predicted octanol–water partition coefficient (Wildman–Crippen LogP) is 2.42. The lowest BCUT2D eigenvalue weighted by Crippen LogP contribution is -2.40. The monoisotopic (exact) mass is 292 g/mol. The normalized spacial score (nSPS) is 11.7. The van der Waals surface area contributed by atoms with Gasteiger partial charge in [-0.1, -0.05) is 5.16 Å². The first kappa shape index (κ1) is 15.2. The molecule has 0 aliphatic carbocycles. The van der Waals surface area contributed by atoms with E-state index in [0.29, 0.717) is 34.7 Å². The number of carbonyl (C=O) groups excluding carboxylic acids is 1. The molecule has 0 saturated carbocycles. The third kappa shape index (κ3) is 3.30. The summed E-state index contributed by atoms with van der Waals surface area (Å²) in [5, 5.41) is 4.55. The number of anilines is 1. The zero-order valence-corrected chi connectivity index (χ0v) is 12.9. The molecule has 2 heterocycles. The van der Waals surface area contributed by atoms with Crippen molar-refractivity contribution >= 4 is 22.8 Å². The van der Waals surface area contributed by atoms with Crippen LogP contribution in [0.3, 0.4) is 0 Å². The maximum atomic E-state index is 12.1. The van der Waals surface area contributed by atoms with Gasteiger partial charge in [0.2, 0.25) is 0 Å². The molecule has 0 radical (unpaired) electrons. The number of nitrogens with one attached hydrogen (secondary N) is 2. The minimum atomic E-state index is -0.439. The lowest BCUT2D eigenvalue weighted by molar-refractivity contribution is 0.0527. The molecule has 21 heavy (non-hydrogen) atoms. The zero-order chi connectivity index (χ0) is 15.6. The largest absolute Gasteiger partial charge is 0.462 e. The second-order valence-corrected chi connectivity index (χ2v) is 5.72. The number of ether oxygens (including phenoxy) is 1. The van der Waals surface area contributed by atoms with Crippen LogP contribution in [0.2, 0.25) is 0 Å². The van der Waals surface area contributed by atoms with Crippen molar-refractivity contribution in [1.29, 1.82) is 0 Å². The Kier molecular flexibility index (Phi) is 4.13. The highest BCUT2D eigenvalue weighted by Crippen LogP contribution is 2.29. The molecule has 2 N–H and O–H groups in total. The van der Waals surface area contributed by atoms with Gasteiger partial charge < -0.3 is 14.7 Å². The highest BCUT2D eigenvalue weighted by Gasteiger charge is 2.22. The van der Waals surface area contributed by atoms with Crippen LogP contribution in [0, 0.1) is 6.92 Å². The number of fused-ring (bicyclic) bond motifs is 1. The van der Waals surface area contributed by atoms with Crippen LogP contribution in [0.5, 0.6) is 0 Å². The molecule has 0 atom stereocenters. The van der Waals surface area contributed by atoms with Crippen molar-refractivity contribution < 1.29 is 14.1 Å². The van der Waals surface area contributed by atoms with Crippen molar-refractivity contribution in [2.45, 2.75) is 40.2 Å². The number of aromatic nitrogens is 2. The maximum absolute atomic E-state index is 12.1. The van der Waals surface area contributed by atoms with E-state index in [9.17, 15) is 4.79 Å². The highest BCUT2D eigenvalue weighted by atomic mass is 16.5. The molecule has 2 aromatic rings. The Hall–Kier alpha value is -2.15. The fourth-order valence-corrected chi connectivity index (χ4v) is 1.80. The second-order valence-electron chi connectivity index (χ2n) is 5.72. The molecule has 114 valence electrons. The first-order chi connectivity index (χ1) is 9.83. The number of esters is 1. The fraction of sp³-hybridized carbons (Fsp3) is 0.500. The van der Waals surface area contributed by atoms with E-state index < -0.39 is 5.97 Å². The number of pyridine rings is 1. The topological polar surface area (TPSA) is 89.3 Å². The van der Waals surface area contributed by atoms with E-state index in [1.165, 1.54) is 6.20 Å². The van der Waals surface area contributed by atoms with Crippen LogP contribution in [0.15, 0.2) is 10.7 Å². The zero-order valence-electron chi connectivity index (χ0n) is 12.9. The van der Waals surface area contributed by atoms with E-state index in [1.807, 2.05) is 20.8 Å². The summed E-state index contributed by atoms with van der Waals surface area (Å²) in [5.74, 6) is -0.439. The van der Waals surface area contributed by atoms with Gasteiger partial charge in [-0.15, -0.1) is 0 Å². The molecule has 2 aromatic heterocycles. The molecule has 7 nitrogen and oxygen atoms in total. The number of rotatable bonds is 4. The lowest BCUT2D eigenvalue weighted by Gasteiger charge is -2.23. The van der Waals surface area contributed by atoms with Crippen LogP contribution in [0.25, 0.3) is 11.1 Å². The molecule has 2 rings (SSSR count). The molecule has 0 aliphatic heterocycles. The summed E-state index contributed by atoms with van der Waals surface area (Å²) < 4.78 is 10.2. The summed E-state index contributed by atoms with van der Waals surface area (Å²) in [6.45, 7) is 9.86. The maximum Gasteiger partial charge on any atom is 0.341 e. The van der Waals surface area contributed by atoms with Gasteiger partial charge in [-0.3, -0.25) is 0 Å². The van der Waals surface area contributed by atoms with E-state index in [2.05, 4.69) is 21.0 Å². The van der Waals surface area contributed by atoms with E-state index >= 15 is 0 Å². The van der Waals surface area contributed by atoms with Crippen molar-refractivity contribution in [2.75, 3.05) is 12.0 Å². The quantitative estimate of drug-likeness (QED) is 0.660. The molecular weight excluding hydrogens is 272 g/mol. The van der Waals surface area contributed by atoms with Gasteiger partial charge in [-0.05, 0) is 34.6 Å². The Morgan fingerprint density at radius 3 is 2.76 bits per heavy atom. The Bertz CT molecular complexity index is 658.